The van der Waals surface area contributed by atoms with Gasteiger partial charge >= 0.3 is 0 Å². The number of pyridine rings is 1. The summed E-state index contributed by atoms with van der Waals surface area (Å²) in [6, 6.07) is 3.21. The van der Waals surface area contributed by atoms with Crippen LogP contribution in [-0.4, -0.2) is 29.6 Å². The monoisotopic (exact) mass is 275 g/mol. The number of fused-ring (bicyclic) bond motifs is 2. The van der Waals surface area contributed by atoms with Gasteiger partial charge in [-0.3, -0.25) is 4.79 Å². The molecule has 4 heteroatoms. The van der Waals surface area contributed by atoms with Crippen molar-refractivity contribution in [1.82, 2.24) is 9.47 Å². The lowest BCUT2D eigenvalue weighted by Gasteiger charge is -2.27. The summed E-state index contributed by atoms with van der Waals surface area (Å²) in [5.74, 6) is 2.86. The van der Waals surface area contributed by atoms with Gasteiger partial charge in [0.2, 0.25) is 0 Å². The van der Waals surface area contributed by atoms with Gasteiger partial charge < -0.3 is 15.2 Å². The van der Waals surface area contributed by atoms with Gasteiger partial charge in [-0.1, -0.05) is 6.42 Å². The molecular weight excluding hydrogens is 250 g/mol. The van der Waals surface area contributed by atoms with Gasteiger partial charge in [0.25, 0.3) is 5.56 Å². The topological polar surface area (TPSA) is 51.3 Å². The Bertz CT molecular complexity index is 525. The van der Waals surface area contributed by atoms with E-state index in [0.717, 1.165) is 30.8 Å². The van der Waals surface area contributed by atoms with Crippen molar-refractivity contribution in [1.29, 1.82) is 0 Å². The van der Waals surface area contributed by atoms with E-state index >= 15 is 0 Å². The minimum Gasteiger partial charge on any atom is -0.398 e. The van der Waals surface area contributed by atoms with Crippen LogP contribution in [0.5, 0.6) is 0 Å². The molecule has 3 atom stereocenters. The maximum atomic E-state index is 11.7. The van der Waals surface area contributed by atoms with Crippen molar-refractivity contribution in [3.05, 3.63) is 28.7 Å². The fourth-order valence-electron chi connectivity index (χ4n) is 4.09. The van der Waals surface area contributed by atoms with Crippen LogP contribution in [0.25, 0.3) is 0 Å². The smallest absolute Gasteiger partial charge is 0.250 e. The molecule has 2 fully saturated rings. The quantitative estimate of drug-likeness (QED) is 0.891. The maximum Gasteiger partial charge on any atom is 0.250 e. The lowest BCUT2D eigenvalue weighted by Crippen LogP contribution is -2.33. The molecule has 0 aliphatic heterocycles. The van der Waals surface area contributed by atoms with Gasteiger partial charge in [-0.05, 0) is 50.1 Å². The van der Waals surface area contributed by atoms with Crippen LogP contribution in [-0.2, 0) is 6.54 Å². The first-order valence-corrected chi connectivity index (χ1v) is 7.76. The Morgan fingerprint density at radius 2 is 2.20 bits per heavy atom. The molecule has 1 heterocycles. The zero-order chi connectivity index (χ0) is 14.1. The minimum atomic E-state index is 0.0347. The van der Waals surface area contributed by atoms with Crippen LogP contribution in [0.15, 0.2) is 23.1 Å². The van der Waals surface area contributed by atoms with Crippen molar-refractivity contribution in [3.63, 3.8) is 0 Å². The van der Waals surface area contributed by atoms with Crippen LogP contribution in [0.4, 0.5) is 5.69 Å². The number of hydrogen-bond acceptors (Lipinski definition) is 3. The van der Waals surface area contributed by atoms with Crippen molar-refractivity contribution in [3.8, 4) is 0 Å². The van der Waals surface area contributed by atoms with Crippen LogP contribution in [0.3, 0.4) is 0 Å². The average molecular weight is 275 g/mol. The summed E-state index contributed by atoms with van der Waals surface area (Å²) in [7, 11) is 2.17. The Hall–Kier alpha value is -1.29. The van der Waals surface area contributed by atoms with E-state index in [1.807, 2.05) is 0 Å². The highest BCUT2D eigenvalue weighted by atomic mass is 16.1. The number of anilines is 1. The summed E-state index contributed by atoms with van der Waals surface area (Å²) in [5.41, 5.74) is 6.42. The molecule has 20 heavy (non-hydrogen) atoms. The van der Waals surface area contributed by atoms with Gasteiger partial charge in [0.15, 0.2) is 0 Å². The van der Waals surface area contributed by atoms with Gasteiger partial charge in [-0.2, -0.15) is 0 Å². The van der Waals surface area contributed by atoms with E-state index in [2.05, 4.69) is 11.9 Å². The lowest BCUT2D eigenvalue weighted by molar-refractivity contribution is 0.214. The number of rotatable bonds is 5. The Morgan fingerprint density at radius 1 is 1.35 bits per heavy atom. The van der Waals surface area contributed by atoms with Crippen molar-refractivity contribution < 1.29 is 0 Å². The fraction of sp³-hybridized carbons (Fsp3) is 0.688. The SMILES string of the molecule is CN(CCn1cc(N)ccc1=O)CC1CC2CCC1C2. The van der Waals surface area contributed by atoms with Crippen LogP contribution in [0.2, 0.25) is 0 Å². The van der Waals surface area contributed by atoms with Gasteiger partial charge in [0.05, 0.1) is 0 Å². The van der Waals surface area contributed by atoms with Gasteiger partial charge in [-0.25, -0.2) is 0 Å². The molecule has 1 aromatic heterocycles. The molecule has 2 saturated carbocycles. The zero-order valence-electron chi connectivity index (χ0n) is 12.3. The Labute approximate surface area is 120 Å². The Kier molecular flexibility index (Phi) is 3.83. The van der Waals surface area contributed by atoms with E-state index in [9.17, 15) is 4.79 Å². The van der Waals surface area contributed by atoms with Crippen molar-refractivity contribution in [2.75, 3.05) is 25.9 Å². The Balaban J connectivity index is 1.51. The van der Waals surface area contributed by atoms with E-state index in [0.29, 0.717) is 5.69 Å². The summed E-state index contributed by atoms with van der Waals surface area (Å²) in [6.45, 7) is 2.82. The van der Waals surface area contributed by atoms with Crippen LogP contribution >= 0.6 is 0 Å². The third-order valence-corrected chi connectivity index (χ3v) is 5.16. The first-order valence-electron chi connectivity index (χ1n) is 7.76. The molecular formula is C16H25N3O. The number of nitrogens with zero attached hydrogens (tertiary/aromatic N) is 2. The molecule has 2 N–H and O–H groups in total. The van der Waals surface area contributed by atoms with E-state index in [-0.39, 0.29) is 5.56 Å². The van der Waals surface area contributed by atoms with Gasteiger partial charge in [0.1, 0.15) is 0 Å². The molecule has 110 valence electrons. The molecule has 3 rings (SSSR count). The molecule has 0 aromatic carbocycles. The normalized spacial score (nSPS) is 28.4. The van der Waals surface area contributed by atoms with Crippen LogP contribution < -0.4 is 11.3 Å². The second kappa shape index (κ2) is 5.60. The minimum absolute atomic E-state index is 0.0347. The summed E-state index contributed by atoms with van der Waals surface area (Å²) >= 11 is 0. The molecule has 4 nitrogen and oxygen atoms in total. The number of aromatic nitrogens is 1. The maximum absolute atomic E-state index is 11.7. The van der Waals surface area contributed by atoms with Gasteiger partial charge in [-0.15, -0.1) is 0 Å². The average Bonchev–Trinajstić information content (AvgIpc) is 3.02. The third-order valence-electron chi connectivity index (χ3n) is 5.16. The molecule has 1 aromatic rings. The van der Waals surface area contributed by atoms with E-state index < -0.39 is 0 Å². The lowest BCUT2D eigenvalue weighted by atomic mass is 9.88. The first kappa shape index (κ1) is 13.7. The number of nitrogen functional groups attached to an aromatic ring is 1. The molecule has 3 unspecified atom stereocenters. The largest absolute Gasteiger partial charge is 0.398 e. The summed E-state index contributed by atoms with van der Waals surface area (Å²) in [6.07, 6.45) is 7.54. The highest BCUT2D eigenvalue weighted by Crippen LogP contribution is 2.48. The summed E-state index contributed by atoms with van der Waals surface area (Å²) < 4.78 is 1.71. The highest BCUT2D eigenvalue weighted by molar-refractivity contribution is 5.33. The third kappa shape index (κ3) is 2.90. The second-order valence-electron chi connectivity index (χ2n) is 6.69. The predicted molar refractivity (Wildman–Crippen MR) is 81.5 cm³/mol. The molecule has 0 spiro atoms. The van der Waals surface area contributed by atoms with Gasteiger partial charge in [0, 0.05) is 37.6 Å². The molecule has 2 aliphatic carbocycles. The summed E-state index contributed by atoms with van der Waals surface area (Å²) in [4.78, 5) is 14.1. The number of likely N-dealkylation sites (N-methyl/N-ethyl adjacent to an activating group) is 1. The number of nitrogens with two attached hydrogens (primary N) is 1. The highest BCUT2D eigenvalue weighted by Gasteiger charge is 2.39. The van der Waals surface area contributed by atoms with Crippen molar-refractivity contribution in [2.45, 2.75) is 32.2 Å². The van der Waals surface area contributed by atoms with Crippen LogP contribution in [0.1, 0.15) is 25.7 Å². The van der Waals surface area contributed by atoms with Crippen LogP contribution in [0, 0.1) is 17.8 Å². The van der Waals surface area contributed by atoms with E-state index in [4.69, 9.17) is 5.73 Å². The molecule has 0 radical (unpaired) electrons. The zero-order valence-corrected chi connectivity index (χ0v) is 12.3. The van der Waals surface area contributed by atoms with E-state index in [1.165, 1.54) is 32.2 Å². The second-order valence-corrected chi connectivity index (χ2v) is 6.69. The molecule has 2 bridgehead atoms. The molecule has 2 aliphatic rings. The van der Waals surface area contributed by atoms with Crippen molar-refractivity contribution in [2.24, 2.45) is 17.8 Å². The molecule has 0 saturated heterocycles. The van der Waals surface area contributed by atoms with E-state index in [1.54, 1.807) is 22.9 Å². The summed E-state index contributed by atoms with van der Waals surface area (Å²) in [5, 5.41) is 0. The number of hydrogen-bond donors (Lipinski definition) is 1. The first-order chi connectivity index (χ1) is 9.61. The fourth-order valence-corrected chi connectivity index (χ4v) is 4.09. The molecule has 0 amide bonds. The predicted octanol–water partition coefficient (Wildman–Crippen LogP) is 1.80. The Morgan fingerprint density at radius 3 is 2.90 bits per heavy atom. The standard InChI is InChI=1S/C16H25N3O/c1-18(10-14-9-12-2-3-13(14)8-12)6-7-19-11-15(17)4-5-16(19)20/h4-5,11-14H,2-3,6-10,17H2,1H3. The van der Waals surface area contributed by atoms with Crippen molar-refractivity contribution >= 4 is 5.69 Å².